The normalized spacial score (nSPS) is 20.9. The van der Waals surface area contributed by atoms with Crippen molar-refractivity contribution in [2.45, 2.75) is 6.04 Å². The first-order valence-electron chi connectivity index (χ1n) is 5.51. The molecule has 5 heteroatoms. The molecule has 1 unspecified atom stereocenters. The van der Waals surface area contributed by atoms with Crippen molar-refractivity contribution in [1.29, 1.82) is 0 Å². The average Bonchev–Trinajstić information content (AvgIpc) is 2.34. The number of aliphatic hydroxyl groups excluding tert-OH is 1. The fraction of sp³-hybridized carbons (Fsp3) is 0.417. The van der Waals surface area contributed by atoms with E-state index in [0.717, 1.165) is 12.2 Å². The van der Waals surface area contributed by atoms with Gasteiger partial charge in [0.25, 0.3) is 0 Å². The highest BCUT2D eigenvalue weighted by Gasteiger charge is 2.32. The third-order valence-corrected chi connectivity index (χ3v) is 3.30. The van der Waals surface area contributed by atoms with Crippen LogP contribution in [0.1, 0.15) is 0 Å². The minimum absolute atomic E-state index is 0.0475. The van der Waals surface area contributed by atoms with E-state index in [4.69, 9.17) is 11.6 Å². The zero-order valence-corrected chi connectivity index (χ0v) is 10.4. The van der Waals surface area contributed by atoms with Crippen molar-refractivity contribution < 1.29 is 9.90 Å². The monoisotopic (exact) mass is 254 g/mol. The number of hydrogen-bond donors (Lipinski definition) is 1. The fourth-order valence-electron chi connectivity index (χ4n) is 2.03. The average molecular weight is 255 g/mol. The van der Waals surface area contributed by atoms with E-state index >= 15 is 0 Å². The predicted octanol–water partition coefficient (Wildman–Crippen LogP) is 0.979. The molecular formula is C12H15ClN2O2. The molecule has 1 fully saturated rings. The molecule has 1 aromatic carbocycles. The van der Waals surface area contributed by atoms with Crippen molar-refractivity contribution in [1.82, 2.24) is 4.90 Å². The summed E-state index contributed by atoms with van der Waals surface area (Å²) in [6, 6.07) is 6.81. The molecule has 17 heavy (non-hydrogen) atoms. The van der Waals surface area contributed by atoms with Crippen LogP contribution in [0.2, 0.25) is 5.02 Å². The summed E-state index contributed by atoms with van der Waals surface area (Å²) in [5.41, 5.74) is 0.912. The molecule has 1 N–H and O–H groups in total. The Bertz CT molecular complexity index is 407. The van der Waals surface area contributed by atoms with Crippen molar-refractivity contribution in [3.63, 3.8) is 0 Å². The summed E-state index contributed by atoms with van der Waals surface area (Å²) in [7, 11) is 1.75. The number of anilines is 1. The summed E-state index contributed by atoms with van der Waals surface area (Å²) < 4.78 is 0. The predicted molar refractivity (Wildman–Crippen MR) is 67.3 cm³/mol. The second-order valence-electron chi connectivity index (χ2n) is 4.13. The molecule has 0 radical (unpaired) electrons. The highest BCUT2D eigenvalue weighted by Crippen LogP contribution is 2.22. The van der Waals surface area contributed by atoms with Gasteiger partial charge in [0.15, 0.2) is 0 Å². The summed E-state index contributed by atoms with van der Waals surface area (Å²) in [5, 5.41) is 10.0. The Hall–Kier alpha value is -1.26. The van der Waals surface area contributed by atoms with E-state index in [1.165, 1.54) is 0 Å². The lowest BCUT2D eigenvalue weighted by Crippen LogP contribution is -2.57. The van der Waals surface area contributed by atoms with Crippen molar-refractivity contribution in [3.8, 4) is 0 Å². The molecular weight excluding hydrogens is 240 g/mol. The maximum atomic E-state index is 11.9. The topological polar surface area (TPSA) is 43.8 Å². The number of carbonyl (C=O) groups excluding carboxylic acids is 1. The van der Waals surface area contributed by atoms with Crippen LogP contribution in [0.15, 0.2) is 24.3 Å². The van der Waals surface area contributed by atoms with Crippen molar-refractivity contribution in [2.75, 3.05) is 31.6 Å². The molecule has 2 rings (SSSR count). The number of likely N-dealkylation sites (N-methyl/N-ethyl adjacent to an activating group) is 1. The highest BCUT2D eigenvalue weighted by atomic mass is 35.5. The Morgan fingerprint density at radius 2 is 2.00 bits per heavy atom. The second-order valence-corrected chi connectivity index (χ2v) is 4.56. The van der Waals surface area contributed by atoms with Gasteiger partial charge in [0.2, 0.25) is 5.91 Å². The Morgan fingerprint density at radius 1 is 1.35 bits per heavy atom. The lowest BCUT2D eigenvalue weighted by molar-refractivity contribution is -0.133. The van der Waals surface area contributed by atoms with Crippen molar-refractivity contribution >= 4 is 23.2 Å². The molecule has 0 bridgehead atoms. The Kier molecular flexibility index (Phi) is 3.54. The van der Waals surface area contributed by atoms with E-state index in [2.05, 4.69) is 0 Å². The number of rotatable bonds is 2. The fourth-order valence-corrected chi connectivity index (χ4v) is 2.16. The second kappa shape index (κ2) is 4.94. The van der Waals surface area contributed by atoms with Crippen LogP contribution >= 0.6 is 11.6 Å². The van der Waals surface area contributed by atoms with Gasteiger partial charge in [0.1, 0.15) is 6.04 Å². The molecule has 0 saturated carbocycles. The molecule has 0 aromatic heterocycles. The third-order valence-electron chi connectivity index (χ3n) is 3.05. The molecule has 4 nitrogen and oxygen atoms in total. The number of benzene rings is 1. The minimum Gasteiger partial charge on any atom is -0.394 e. The molecule has 1 saturated heterocycles. The van der Waals surface area contributed by atoms with Gasteiger partial charge in [0.05, 0.1) is 6.61 Å². The van der Waals surface area contributed by atoms with Crippen LogP contribution in [-0.4, -0.2) is 48.7 Å². The van der Waals surface area contributed by atoms with Crippen molar-refractivity contribution in [2.24, 2.45) is 0 Å². The first-order chi connectivity index (χ1) is 8.13. The molecule has 92 valence electrons. The summed E-state index contributed by atoms with van der Waals surface area (Å²) >= 11 is 5.83. The summed E-state index contributed by atoms with van der Waals surface area (Å²) in [6.45, 7) is 1.21. The largest absolute Gasteiger partial charge is 0.394 e. The first-order valence-corrected chi connectivity index (χ1v) is 5.89. The van der Waals surface area contributed by atoms with Gasteiger partial charge in [-0.15, -0.1) is 0 Å². The summed E-state index contributed by atoms with van der Waals surface area (Å²) in [4.78, 5) is 15.5. The minimum atomic E-state index is -0.491. The number of aliphatic hydroxyl groups is 1. The van der Waals surface area contributed by atoms with Gasteiger partial charge in [-0.2, -0.15) is 0 Å². The zero-order valence-electron chi connectivity index (χ0n) is 9.64. The summed E-state index contributed by atoms with van der Waals surface area (Å²) in [5.74, 6) is -0.0475. The van der Waals surface area contributed by atoms with E-state index < -0.39 is 6.04 Å². The number of nitrogens with zero attached hydrogens (tertiary/aromatic N) is 2. The quantitative estimate of drug-likeness (QED) is 0.856. The zero-order chi connectivity index (χ0) is 12.4. The van der Waals surface area contributed by atoms with Gasteiger partial charge >= 0.3 is 0 Å². The van der Waals surface area contributed by atoms with Gasteiger partial charge < -0.3 is 14.9 Å². The maximum Gasteiger partial charge on any atom is 0.247 e. The Labute approximate surface area is 105 Å². The molecule has 1 atom stereocenters. The molecule has 1 aromatic rings. The van der Waals surface area contributed by atoms with Crippen LogP contribution in [0.25, 0.3) is 0 Å². The molecule has 1 amide bonds. The maximum absolute atomic E-state index is 11.9. The van der Waals surface area contributed by atoms with Crippen LogP contribution in [0.5, 0.6) is 0 Å². The Morgan fingerprint density at radius 3 is 2.59 bits per heavy atom. The number of halogens is 1. The van der Waals surface area contributed by atoms with Crippen LogP contribution in [0.3, 0.4) is 0 Å². The highest BCUT2D eigenvalue weighted by molar-refractivity contribution is 6.30. The Balaban J connectivity index is 2.25. The van der Waals surface area contributed by atoms with E-state index in [1.807, 2.05) is 17.0 Å². The third kappa shape index (κ3) is 2.37. The lowest BCUT2D eigenvalue weighted by atomic mass is 10.1. The van der Waals surface area contributed by atoms with Gasteiger partial charge in [-0.25, -0.2) is 0 Å². The van der Waals surface area contributed by atoms with E-state index in [0.29, 0.717) is 11.6 Å². The first kappa shape index (κ1) is 12.2. The van der Waals surface area contributed by atoms with Crippen LogP contribution < -0.4 is 4.90 Å². The smallest absolute Gasteiger partial charge is 0.247 e. The number of hydrogen-bond acceptors (Lipinski definition) is 3. The molecule has 1 aliphatic heterocycles. The summed E-state index contributed by atoms with van der Waals surface area (Å²) in [6.07, 6.45) is 0. The van der Waals surface area contributed by atoms with Gasteiger partial charge in [0, 0.05) is 30.8 Å². The van der Waals surface area contributed by atoms with Crippen LogP contribution in [-0.2, 0) is 4.79 Å². The number of piperazine rings is 1. The van der Waals surface area contributed by atoms with E-state index in [9.17, 15) is 9.90 Å². The molecule has 0 aliphatic carbocycles. The number of amides is 1. The molecule has 1 heterocycles. The number of carbonyl (C=O) groups is 1. The van der Waals surface area contributed by atoms with Gasteiger partial charge in [-0.3, -0.25) is 4.79 Å². The standard InChI is InChI=1S/C12H15ClN2O2/c1-14-6-7-15(11(8-16)12(14)17)10-4-2-9(13)3-5-10/h2-5,11,16H,6-8H2,1H3. The van der Waals surface area contributed by atoms with Crippen LogP contribution in [0, 0.1) is 0 Å². The van der Waals surface area contributed by atoms with Gasteiger partial charge in [-0.05, 0) is 24.3 Å². The van der Waals surface area contributed by atoms with Crippen LogP contribution in [0.4, 0.5) is 5.69 Å². The molecule has 1 aliphatic rings. The van der Waals surface area contributed by atoms with E-state index in [-0.39, 0.29) is 12.5 Å². The van der Waals surface area contributed by atoms with Gasteiger partial charge in [-0.1, -0.05) is 11.6 Å². The molecule has 0 spiro atoms. The van der Waals surface area contributed by atoms with E-state index in [1.54, 1.807) is 24.1 Å². The SMILES string of the molecule is CN1CCN(c2ccc(Cl)cc2)C(CO)C1=O. The van der Waals surface area contributed by atoms with Crippen molar-refractivity contribution in [3.05, 3.63) is 29.3 Å². The lowest BCUT2D eigenvalue weighted by Gasteiger charge is -2.39.